The van der Waals surface area contributed by atoms with E-state index in [9.17, 15) is 28.8 Å². The molecule has 0 spiro atoms. The van der Waals surface area contributed by atoms with Gasteiger partial charge in [0.1, 0.15) is 0 Å². The van der Waals surface area contributed by atoms with Crippen molar-refractivity contribution in [2.75, 3.05) is 19.8 Å². The Labute approximate surface area is 300 Å². The molecule has 12 nitrogen and oxygen atoms in total. The van der Waals surface area contributed by atoms with Crippen molar-refractivity contribution < 1.29 is 53.6 Å². The predicted molar refractivity (Wildman–Crippen MR) is 185 cm³/mol. The molecule has 0 aromatic carbocycles. The molecule has 0 aromatic heterocycles. The summed E-state index contributed by atoms with van der Waals surface area (Å²) in [7, 11) is 0. The molecule has 0 saturated carbocycles. The molecule has 49 heavy (non-hydrogen) atoms. The molecule has 0 aliphatic rings. The molecular formula is C36H63GaO12. The number of hydrogen-bond acceptors (Lipinski definition) is 12. The fourth-order valence-corrected chi connectivity index (χ4v) is 7.60. The zero-order valence-electron chi connectivity index (χ0n) is 31.7. The third kappa shape index (κ3) is 15.4. The Kier molecular flexibility index (Phi) is 23.9. The van der Waals surface area contributed by atoms with Crippen LogP contribution in [0.5, 0.6) is 0 Å². The van der Waals surface area contributed by atoms with Gasteiger partial charge in [0.05, 0.1) is 0 Å². The second kappa shape index (κ2) is 25.0. The SMILES string of the molecule is CCCCOC(CC)(CC)C(=O)CC(=O)[O][Ga]([O]C(=O)CC(=O)C(CC)(CC)OCCCC)[O]C(=O)CC(=O)C(CC)(CC)OCCCC. The molecule has 0 aromatic rings. The quantitative estimate of drug-likeness (QED) is 0.0440. The van der Waals surface area contributed by atoms with Gasteiger partial charge >= 0.3 is 301 Å². The van der Waals surface area contributed by atoms with E-state index in [2.05, 4.69) is 0 Å². The average Bonchev–Trinajstić information content (AvgIpc) is 3.07. The fourth-order valence-electron chi connectivity index (χ4n) is 5.42. The maximum absolute atomic E-state index is 13.3. The summed E-state index contributed by atoms with van der Waals surface area (Å²) in [5.41, 5.74) is -3.61. The first kappa shape index (κ1) is 46.9. The van der Waals surface area contributed by atoms with Crippen LogP contribution in [-0.2, 0) is 53.6 Å². The van der Waals surface area contributed by atoms with Crippen molar-refractivity contribution in [3.63, 3.8) is 0 Å². The van der Waals surface area contributed by atoms with Crippen LogP contribution < -0.4 is 0 Å². The minimum absolute atomic E-state index is 0.326. The first-order valence-electron chi connectivity index (χ1n) is 18.4. The summed E-state index contributed by atoms with van der Waals surface area (Å²) in [6.45, 7) is 17.7. The van der Waals surface area contributed by atoms with E-state index in [4.69, 9.17) is 24.8 Å². The van der Waals surface area contributed by atoms with E-state index >= 15 is 0 Å². The first-order chi connectivity index (χ1) is 23.3. The minimum atomic E-state index is -4.62. The molecule has 0 bridgehead atoms. The number of rotatable bonds is 30. The van der Waals surface area contributed by atoms with Gasteiger partial charge in [0, 0.05) is 0 Å². The Morgan fingerprint density at radius 2 is 0.633 bits per heavy atom. The predicted octanol–water partition coefficient (Wildman–Crippen LogP) is 6.61. The number of Topliss-reactive ketones (excluding diaryl/α,β-unsaturated/α-hetero) is 3. The zero-order chi connectivity index (χ0) is 37.5. The number of carbonyl (C=O) groups excluding carboxylic acids is 6. The number of ether oxygens (including phenoxy) is 3. The van der Waals surface area contributed by atoms with Crippen LogP contribution in [0.15, 0.2) is 0 Å². The molecular weight excluding hydrogens is 694 g/mol. The molecule has 0 N–H and O–H groups in total. The van der Waals surface area contributed by atoms with Gasteiger partial charge in [-0.25, -0.2) is 0 Å². The van der Waals surface area contributed by atoms with Gasteiger partial charge in [-0.2, -0.15) is 0 Å². The molecule has 13 heteroatoms. The zero-order valence-corrected chi connectivity index (χ0v) is 34.1. The van der Waals surface area contributed by atoms with Crippen molar-refractivity contribution in [2.24, 2.45) is 0 Å². The Morgan fingerprint density at radius 1 is 0.408 bits per heavy atom. The number of unbranched alkanes of at least 4 members (excludes halogenated alkanes) is 3. The molecule has 0 saturated heterocycles. The van der Waals surface area contributed by atoms with E-state index < -0.39 is 88.6 Å². The molecule has 282 valence electrons. The van der Waals surface area contributed by atoms with E-state index in [-0.39, 0.29) is 0 Å². The fraction of sp³-hybridized carbons (Fsp3) is 0.833. The van der Waals surface area contributed by atoms with Crippen molar-refractivity contribution in [2.45, 2.75) is 175 Å². The molecule has 0 heterocycles. The van der Waals surface area contributed by atoms with Crippen LogP contribution in [0.3, 0.4) is 0 Å². The van der Waals surface area contributed by atoms with Crippen LogP contribution in [0, 0.1) is 0 Å². The van der Waals surface area contributed by atoms with Crippen molar-refractivity contribution in [3.05, 3.63) is 0 Å². The van der Waals surface area contributed by atoms with E-state index in [0.29, 0.717) is 58.3 Å². The van der Waals surface area contributed by atoms with Crippen LogP contribution in [0.2, 0.25) is 0 Å². The Hall–Kier alpha value is -2.06. The summed E-state index contributed by atoms with van der Waals surface area (Å²) in [6, 6.07) is 0. The molecule has 0 amide bonds. The van der Waals surface area contributed by atoms with Crippen LogP contribution in [0.1, 0.15) is 159 Å². The van der Waals surface area contributed by atoms with Crippen LogP contribution in [0.4, 0.5) is 0 Å². The molecule has 0 rings (SSSR count). The second-order valence-corrected chi connectivity index (χ2v) is 15.0. The molecule has 0 aliphatic carbocycles. The van der Waals surface area contributed by atoms with E-state index in [1.165, 1.54) is 0 Å². The Morgan fingerprint density at radius 3 is 0.816 bits per heavy atom. The second-order valence-electron chi connectivity index (χ2n) is 12.3. The summed E-state index contributed by atoms with van der Waals surface area (Å²) >= 11 is -4.62. The molecule has 0 aliphatic heterocycles. The third-order valence-corrected chi connectivity index (χ3v) is 12.0. The summed E-state index contributed by atoms with van der Waals surface area (Å²) < 4.78 is 33.9. The van der Waals surface area contributed by atoms with Gasteiger partial charge in [-0.1, -0.05) is 0 Å². The van der Waals surface area contributed by atoms with Crippen LogP contribution >= 0.6 is 0 Å². The normalized spacial score (nSPS) is 11.9. The summed E-state index contributed by atoms with van der Waals surface area (Å²) in [5.74, 6) is -4.71. The van der Waals surface area contributed by atoms with E-state index in [1.54, 1.807) is 41.5 Å². The molecule has 0 fully saturated rings. The topological polar surface area (TPSA) is 158 Å². The number of ketones is 3. The van der Waals surface area contributed by atoms with E-state index in [1.807, 2.05) is 20.8 Å². The summed E-state index contributed by atoms with van der Waals surface area (Å²) in [4.78, 5) is 79.0. The van der Waals surface area contributed by atoms with Crippen molar-refractivity contribution >= 4 is 52.6 Å². The van der Waals surface area contributed by atoms with Gasteiger partial charge in [-0.15, -0.1) is 0 Å². The summed E-state index contributed by atoms with van der Waals surface area (Å²) in [6.07, 6.45) is 4.64. The first-order valence-corrected chi connectivity index (χ1v) is 21.3. The van der Waals surface area contributed by atoms with Crippen molar-refractivity contribution in [3.8, 4) is 0 Å². The number of carbonyl (C=O) groups is 6. The van der Waals surface area contributed by atoms with Gasteiger partial charge in [0.2, 0.25) is 0 Å². The Bertz CT molecular complexity index is 903. The standard InChI is InChI=1S/3C12H22O4.Ga/c3*1-4-7-8-16-12(5-2,6-3)10(13)9-11(14)15;/h3*4-9H2,1-3H3,(H,14,15);/q;;;+3/p-3. The average molecular weight is 758 g/mol. The van der Waals surface area contributed by atoms with Gasteiger partial charge in [-0.05, 0) is 0 Å². The molecule has 0 unspecified atom stereocenters. The van der Waals surface area contributed by atoms with Crippen LogP contribution in [0.25, 0.3) is 0 Å². The summed E-state index contributed by atoms with van der Waals surface area (Å²) in [5, 5.41) is 0. The van der Waals surface area contributed by atoms with Gasteiger partial charge in [0.15, 0.2) is 0 Å². The van der Waals surface area contributed by atoms with Gasteiger partial charge in [-0.3, -0.25) is 0 Å². The molecule has 0 radical (unpaired) electrons. The maximum atomic E-state index is 13.3. The van der Waals surface area contributed by atoms with Crippen molar-refractivity contribution in [1.82, 2.24) is 0 Å². The molecule has 0 atom stereocenters. The monoisotopic (exact) mass is 756 g/mol. The van der Waals surface area contributed by atoms with Crippen LogP contribution in [-0.4, -0.2) is 89.2 Å². The van der Waals surface area contributed by atoms with Gasteiger partial charge < -0.3 is 0 Å². The van der Waals surface area contributed by atoms with E-state index in [0.717, 1.165) is 38.5 Å². The van der Waals surface area contributed by atoms with Gasteiger partial charge in [0.25, 0.3) is 0 Å². The Balaban J connectivity index is 6.07. The third-order valence-electron chi connectivity index (χ3n) is 9.18. The van der Waals surface area contributed by atoms with Crippen molar-refractivity contribution in [1.29, 1.82) is 0 Å². The number of hydrogen-bond donors (Lipinski definition) is 0.